The first-order chi connectivity index (χ1) is 17.4. The normalized spacial score (nSPS) is 23.7. The number of imidazole rings is 1. The van der Waals surface area contributed by atoms with Gasteiger partial charge in [-0.1, -0.05) is 30.3 Å². The van der Waals surface area contributed by atoms with E-state index in [4.69, 9.17) is 4.74 Å². The average Bonchev–Trinajstić information content (AvgIpc) is 3.35. The molecule has 0 spiro atoms. The molecular formula is C27H28N6O3. The molecule has 9 heteroatoms. The lowest BCUT2D eigenvalue weighted by Crippen LogP contribution is -2.42. The van der Waals surface area contributed by atoms with Crippen LogP contribution in [0.25, 0.3) is 17.1 Å². The van der Waals surface area contributed by atoms with Crippen LogP contribution >= 0.6 is 0 Å². The lowest BCUT2D eigenvalue weighted by molar-refractivity contribution is 0.0664. The molecule has 184 valence electrons. The molecule has 1 aliphatic heterocycles. The van der Waals surface area contributed by atoms with Crippen molar-refractivity contribution in [1.29, 1.82) is 0 Å². The van der Waals surface area contributed by atoms with Crippen LogP contribution in [0, 0.1) is 0 Å². The smallest absolute Gasteiger partial charge is 0.411 e. The summed E-state index contributed by atoms with van der Waals surface area (Å²) in [6, 6.07) is 13.9. The highest BCUT2D eigenvalue weighted by molar-refractivity contribution is 5.73. The lowest BCUT2D eigenvalue weighted by atomic mass is 9.80. The Morgan fingerprint density at radius 2 is 1.67 bits per heavy atom. The number of carbonyl (C=O) groups is 1. The fourth-order valence-corrected chi connectivity index (χ4v) is 5.85. The number of rotatable bonds is 4. The number of benzene rings is 1. The van der Waals surface area contributed by atoms with Gasteiger partial charge in [-0.2, -0.15) is 0 Å². The molecular weight excluding hydrogens is 456 g/mol. The molecule has 1 N–H and O–H groups in total. The summed E-state index contributed by atoms with van der Waals surface area (Å²) < 4.78 is 7.29. The zero-order valence-corrected chi connectivity index (χ0v) is 20.3. The van der Waals surface area contributed by atoms with Crippen molar-refractivity contribution in [1.82, 2.24) is 29.4 Å². The van der Waals surface area contributed by atoms with Gasteiger partial charge in [0, 0.05) is 24.6 Å². The highest BCUT2D eigenvalue weighted by Crippen LogP contribution is 2.46. The van der Waals surface area contributed by atoms with Crippen molar-refractivity contribution >= 4 is 17.3 Å². The predicted molar refractivity (Wildman–Crippen MR) is 134 cm³/mol. The van der Waals surface area contributed by atoms with Crippen LogP contribution < -0.4 is 5.69 Å². The molecule has 3 aromatic heterocycles. The quantitative estimate of drug-likeness (QED) is 0.457. The van der Waals surface area contributed by atoms with Crippen molar-refractivity contribution in [2.24, 2.45) is 0 Å². The minimum absolute atomic E-state index is 0.112. The molecule has 0 unspecified atom stereocenters. The predicted octanol–water partition coefficient (Wildman–Crippen LogP) is 4.50. The van der Waals surface area contributed by atoms with E-state index in [1.807, 2.05) is 49.2 Å². The van der Waals surface area contributed by atoms with Crippen LogP contribution in [0.15, 0.2) is 65.8 Å². The van der Waals surface area contributed by atoms with E-state index in [1.54, 1.807) is 18.5 Å². The van der Waals surface area contributed by atoms with Gasteiger partial charge in [-0.15, -0.1) is 0 Å². The number of ether oxygens (including phenoxy) is 1. The maximum Gasteiger partial charge on any atom is 0.411 e. The van der Waals surface area contributed by atoms with Crippen molar-refractivity contribution in [3.63, 3.8) is 0 Å². The third-order valence-corrected chi connectivity index (χ3v) is 7.48. The Labute approximate surface area is 208 Å². The second kappa shape index (κ2) is 8.58. The first kappa shape index (κ1) is 22.5. The standard InChI is InChI=1S/C27H28N6O3/c1-27(2)22(18-7-4-3-5-8-18)32(26(35)36-27)20-11-9-17(10-12-20)19-15-21-23(30-16-19)31-25(34)33(21)24-28-13-6-14-29-24/h3-8,13-17,20,22H,9-12H2,1-2H3,(H,30,31,34)/t17?,20?,22-/m0/s1. The van der Waals surface area contributed by atoms with E-state index in [1.165, 1.54) is 4.57 Å². The molecule has 0 bridgehead atoms. The average molecular weight is 485 g/mol. The summed E-state index contributed by atoms with van der Waals surface area (Å²) in [6.07, 6.45) is 8.41. The number of amides is 1. The van der Waals surface area contributed by atoms with Crippen LogP contribution in [-0.2, 0) is 4.74 Å². The number of hydrogen-bond donors (Lipinski definition) is 1. The zero-order chi connectivity index (χ0) is 24.9. The number of pyridine rings is 1. The van der Waals surface area contributed by atoms with Crippen LogP contribution in [0.5, 0.6) is 0 Å². The molecule has 1 amide bonds. The van der Waals surface area contributed by atoms with Gasteiger partial charge in [0.25, 0.3) is 0 Å². The Hall–Kier alpha value is -4.01. The lowest BCUT2D eigenvalue weighted by Gasteiger charge is -2.38. The maximum absolute atomic E-state index is 13.0. The Morgan fingerprint density at radius 3 is 2.39 bits per heavy atom. The van der Waals surface area contributed by atoms with Crippen LogP contribution in [0.1, 0.15) is 62.6 Å². The summed E-state index contributed by atoms with van der Waals surface area (Å²) >= 11 is 0. The van der Waals surface area contributed by atoms with Gasteiger partial charge in [-0.05, 0) is 68.7 Å². The minimum atomic E-state index is -0.596. The van der Waals surface area contributed by atoms with Gasteiger partial charge in [-0.25, -0.2) is 29.1 Å². The molecule has 1 saturated heterocycles. The SMILES string of the molecule is CC1(C)OC(=O)N(C2CCC(c3cnc4[nH]c(=O)n(-c5ncccn5)c4c3)CC2)[C@H]1c1ccccc1. The molecule has 1 aliphatic carbocycles. The van der Waals surface area contributed by atoms with Gasteiger partial charge in [0.2, 0.25) is 5.95 Å². The topological polar surface area (TPSA) is 106 Å². The number of carbonyl (C=O) groups excluding carboxylic acids is 1. The number of H-pyrrole nitrogens is 1. The third-order valence-electron chi connectivity index (χ3n) is 7.48. The van der Waals surface area contributed by atoms with Gasteiger partial charge in [-0.3, -0.25) is 9.88 Å². The molecule has 4 heterocycles. The van der Waals surface area contributed by atoms with Crippen molar-refractivity contribution in [3.05, 3.63) is 82.7 Å². The van der Waals surface area contributed by atoms with Crippen LogP contribution in [0.2, 0.25) is 0 Å². The fraction of sp³-hybridized carbons (Fsp3) is 0.370. The second-order valence-electron chi connectivity index (χ2n) is 10.1. The molecule has 36 heavy (non-hydrogen) atoms. The third kappa shape index (κ3) is 3.75. The van der Waals surface area contributed by atoms with E-state index in [9.17, 15) is 9.59 Å². The number of nitrogens with one attached hydrogen (secondary N) is 1. The fourth-order valence-electron chi connectivity index (χ4n) is 5.85. The number of nitrogens with zero attached hydrogens (tertiary/aromatic N) is 5. The van der Waals surface area contributed by atoms with Crippen molar-refractivity contribution in [2.45, 2.75) is 63.1 Å². The van der Waals surface area contributed by atoms with E-state index >= 15 is 0 Å². The summed E-state index contributed by atoms with van der Waals surface area (Å²) in [5.41, 5.74) is 2.44. The monoisotopic (exact) mass is 484 g/mol. The number of cyclic esters (lactones) is 1. The number of fused-ring (bicyclic) bond motifs is 1. The largest absolute Gasteiger partial charge is 0.441 e. The Balaban J connectivity index is 1.25. The summed E-state index contributed by atoms with van der Waals surface area (Å²) in [5, 5.41) is 0. The number of aromatic nitrogens is 5. The molecule has 6 rings (SSSR count). The van der Waals surface area contributed by atoms with E-state index in [0.717, 1.165) is 36.8 Å². The molecule has 2 aliphatic rings. The molecule has 1 saturated carbocycles. The Kier molecular flexibility index (Phi) is 5.35. The summed E-state index contributed by atoms with van der Waals surface area (Å²) in [5.74, 6) is 0.605. The van der Waals surface area contributed by atoms with Gasteiger partial charge < -0.3 is 4.74 Å². The van der Waals surface area contributed by atoms with Crippen LogP contribution in [0.3, 0.4) is 0 Å². The molecule has 1 atom stereocenters. The zero-order valence-electron chi connectivity index (χ0n) is 20.3. The van der Waals surface area contributed by atoms with E-state index in [-0.39, 0.29) is 29.8 Å². The summed E-state index contributed by atoms with van der Waals surface area (Å²) in [7, 11) is 0. The summed E-state index contributed by atoms with van der Waals surface area (Å²) in [4.78, 5) is 43.3. The van der Waals surface area contributed by atoms with E-state index in [2.05, 4.69) is 32.1 Å². The summed E-state index contributed by atoms with van der Waals surface area (Å²) in [6.45, 7) is 3.98. The van der Waals surface area contributed by atoms with Crippen LogP contribution in [0.4, 0.5) is 4.79 Å². The Morgan fingerprint density at radius 1 is 0.944 bits per heavy atom. The second-order valence-corrected chi connectivity index (χ2v) is 10.1. The van der Waals surface area contributed by atoms with Gasteiger partial charge in [0.1, 0.15) is 5.60 Å². The van der Waals surface area contributed by atoms with E-state index < -0.39 is 5.60 Å². The van der Waals surface area contributed by atoms with Crippen LogP contribution in [-0.4, -0.2) is 47.1 Å². The van der Waals surface area contributed by atoms with Gasteiger partial charge in [0.15, 0.2) is 5.65 Å². The highest BCUT2D eigenvalue weighted by Gasteiger charge is 2.51. The molecule has 2 fully saturated rings. The highest BCUT2D eigenvalue weighted by atomic mass is 16.6. The molecule has 0 radical (unpaired) electrons. The first-order valence-electron chi connectivity index (χ1n) is 12.4. The molecule has 9 nitrogen and oxygen atoms in total. The number of aromatic amines is 1. The molecule has 1 aromatic carbocycles. The Bertz CT molecular complexity index is 1460. The van der Waals surface area contributed by atoms with Crippen molar-refractivity contribution in [3.8, 4) is 5.95 Å². The van der Waals surface area contributed by atoms with E-state index in [0.29, 0.717) is 17.1 Å². The van der Waals surface area contributed by atoms with Gasteiger partial charge >= 0.3 is 11.8 Å². The number of hydrogen-bond acceptors (Lipinski definition) is 6. The van der Waals surface area contributed by atoms with Gasteiger partial charge in [0.05, 0.1) is 11.6 Å². The first-order valence-corrected chi connectivity index (χ1v) is 12.4. The van der Waals surface area contributed by atoms with Crippen molar-refractivity contribution < 1.29 is 9.53 Å². The molecule has 4 aromatic rings. The van der Waals surface area contributed by atoms with Crippen molar-refractivity contribution in [2.75, 3.05) is 0 Å². The maximum atomic E-state index is 13.0. The minimum Gasteiger partial charge on any atom is -0.441 e.